The van der Waals surface area contributed by atoms with E-state index in [-0.39, 0.29) is 0 Å². The zero-order valence-electron chi connectivity index (χ0n) is 17.4. The Morgan fingerprint density at radius 1 is 1.06 bits per heavy atom. The number of aliphatic carboxylic acids is 1. The standard InChI is InChI=1S/C24H25N3O4/c1-30-23(24(28)29)15-17-7-9-18(10-8-17)31-14-4-13-27-21-5-2-11-25-19(21)16-20-22(27)6-3-12-26-20/h2-3,5-12,23H,4,13-16H2,1H3,(H,28,29). The number of benzene rings is 1. The van der Waals surface area contributed by atoms with Gasteiger partial charge in [0.15, 0.2) is 6.10 Å². The fourth-order valence-electron chi connectivity index (χ4n) is 3.77. The van der Waals surface area contributed by atoms with E-state index in [0.717, 1.165) is 53.5 Å². The molecule has 1 unspecified atom stereocenters. The molecule has 1 aliphatic heterocycles. The van der Waals surface area contributed by atoms with Crippen LogP contribution in [0.4, 0.5) is 11.4 Å². The van der Waals surface area contributed by atoms with Gasteiger partial charge in [-0.15, -0.1) is 0 Å². The van der Waals surface area contributed by atoms with Crippen molar-refractivity contribution in [2.45, 2.75) is 25.4 Å². The topological polar surface area (TPSA) is 84.8 Å². The maximum atomic E-state index is 11.1. The van der Waals surface area contributed by atoms with Gasteiger partial charge in [0, 0.05) is 38.9 Å². The van der Waals surface area contributed by atoms with Crippen molar-refractivity contribution in [1.82, 2.24) is 9.97 Å². The van der Waals surface area contributed by atoms with E-state index in [1.165, 1.54) is 7.11 Å². The summed E-state index contributed by atoms with van der Waals surface area (Å²) >= 11 is 0. The molecule has 3 heterocycles. The van der Waals surface area contributed by atoms with Crippen molar-refractivity contribution in [3.63, 3.8) is 0 Å². The van der Waals surface area contributed by atoms with Crippen molar-refractivity contribution in [1.29, 1.82) is 0 Å². The van der Waals surface area contributed by atoms with Crippen molar-refractivity contribution in [3.8, 4) is 5.75 Å². The maximum Gasteiger partial charge on any atom is 0.333 e. The van der Waals surface area contributed by atoms with Gasteiger partial charge in [-0.2, -0.15) is 0 Å². The fourth-order valence-corrected chi connectivity index (χ4v) is 3.77. The van der Waals surface area contributed by atoms with Crippen LogP contribution in [0.5, 0.6) is 5.75 Å². The zero-order chi connectivity index (χ0) is 21.6. The molecular formula is C24H25N3O4. The summed E-state index contributed by atoms with van der Waals surface area (Å²) in [6.45, 7) is 1.36. The Labute approximate surface area is 181 Å². The molecule has 0 aliphatic carbocycles. The quantitative estimate of drug-likeness (QED) is 0.530. The van der Waals surface area contributed by atoms with Gasteiger partial charge in [-0.3, -0.25) is 9.97 Å². The summed E-state index contributed by atoms with van der Waals surface area (Å²) in [4.78, 5) is 22.4. The Kier molecular flexibility index (Phi) is 6.43. The second-order valence-corrected chi connectivity index (χ2v) is 7.38. The summed E-state index contributed by atoms with van der Waals surface area (Å²) < 4.78 is 10.9. The van der Waals surface area contributed by atoms with Gasteiger partial charge in [0.1, 0.15) is 5.75 Å². The van der Waals surface area contributed by atoms with Gasteiger partial charge in [-0.25, -0.2) is 4.79 Å². The predicted octanol–water partition coefficient (Wildman–Crippen LogP) is 3.63. The van der Waals surface area contributed by atoms with Crippen LogP contribution in [0, 0.1) is 0 Å². The van der Waals surface area contributed by atoms with Crippen LogP contribution < -0.4 is 9.64 Å². The summed E-state index contributed by atoms with van der Waals surface area (Å²) in [5, 5.41) is 9.10. The molecule has 31 heavy (non-hydrogen) atoms. The third kappa shape index (κ3) is 4.83. The van der Waals surface area contributed by atoms with E-state index in [9.17, 15) is 4.79 Å². The van der Waals surface area contributed by atoms with Crippen molar-refractivity contribution in [2.75, 3.05) is 25.2 Å². The Bertz CT molecular complexity index is 994. The number of aromatic nitrogens is 2. The van der Waals surface area contributed by atoms with Gasteiger partial charge in [-0.05, 0) is 48.4 Å². The minimum absolute atomic E-state index is 0.321. The number of carbonyl (C=O) groups is 1. The summed E-state index contributed by atoms with van der Waals surface area (Å²) in [5.74, 6) is -0.204. The van der Waals surface area contributed by atoms with E-state index in [1.807, 2.05) is 48.8 Å². The van der Waals surface area contributed by atoms with E-state index in [0.29, 0.717) is 13.0 Å². The van der Waals surface area contributed by atoms with Crippen LogP contribution in [0.3, 0.4) is 0 Å². The van der Waals surface area contributed by atoms with E-state index in [1.54, 1.807) is 0 Å². The number of carboxylic acids is 1. The molecule has 0 spiro atoms. The number of anilines is 2. The van der Waals surface area contributed by atoms with Crippen LogP contribution in [0.1, 0.15) is 23.4 Å². The summed E-state index contributed by atoms with van der Waals surface area (Å²) in [6.07, 6.45) is 4.70. The van der Waals surface area contributed by atoms with Gasteiger partial charge in [0.05, 0.1) is 29.4 Å². The monoisotopic (exact) mass is 419 g/mol. The lowest BCUT2D eigenvalue weighted by Crippen LogP contribution is -2.26. The van der Waals surface area contributed by atoms with Crippen molar-refractivity contribution < 1.29 is 19.4 Å². The van der Waals surface area contributed by atoms with Crippen LogP contribution in [-0.2, 0) is 22.4 Å². The lowest BCUT2D eigenvalue weighted by molar-refractivity contribution is -0.148. The molecular weight excluding hydrogens is 394 g/mol. The van der Waals surface area contributed by atoms with E-state index in [4.69, 9.17) is 14.6 Å². The van der Waals surface area contributed by atoms with Gasteiger partial charge in [-0.1, -0.05) is 12.1 Å². The first-order chi connectivity index (χ1) is 15.2. The summed E-state index contributed by atoms with van der Waals surface area (Å²) in [5.41, 5.74) is 5.22. The molecule has 1 aromatic carbocycles. The predicted molar refractivity (Wildman–Crippen MR) is 117 cm³/mol. The Morgan fingerprint density at radius 3 is 2.29 bits per heavy atom. The molecule has 7 nitrogen and oxygen atoms in total. The largest absolute Gasteiger partial charge is 0.494 e. The molecule has 4 rings (SSSR count). The number of fused-ring (bicyclic) bond motifs is 2. The van der Waals surface area contributed by atoms with Crippen LogP contribution in [0.15, 0.2) is 60.9 Å². The number of pyridine rings is 2. The molecule has 3 aromatic rings. The average molecular weight is 419 g/mol. The number of nitrogens with zero attached hydrogens (tertiary/aromatic N) is 3. The van der Waals surface area contributed by atoms with Crippen molar-refractivity contribution >= 4 is 17.3 Å². The van der Waals surface area contributed by atoms with E-state index in [2.05, 4.69) is 27.0 Å². The number of hydrogen-bond acceptors (Lipinski definition) is 6. The highest BCUT2D eigenvalue weighted by Crippen LogP contribution is 2.36. The molecule has 0 fully saturated rings. The smallest absolute Gasteiger partial charge is 0.333 e. The number of hydrogen-bond donors (Lipinski definition) is 1. The lowest BCUT2D eigenvalue weighted by Gasteiger charge is -2.31. The van der Waals surface area contributed by atoms with Gasteiger partial charge in [0.25, 0.3) is 0 Å². The first-order valence-electron chi connectivity index (χ1n) is 10.3. The first-order valence-corrected chi connectivity index (χ1v) is 10.3. The van der Waals surface area contributed by atoms with Crippen molar-refractivity contribution in [2.24, 2.45) is 0 Å². The van der Waals surface area contributed by atoms with Gasteiger partial charge in [0.2, 0.25) is 0 Å². The highest BCUT2D eigenvalue weighted by atomic mass is 16.5. The van der Waals surface area contributed by atoms with E-state index >= 15 is 0 Å². The molecule has 0 amide bonds. The number of carboxylic acid groups (broad SMARTS) is 1. The van der Waals surface area contributed by atoms with Crippen LogP contribution in [0.25, 0.3) is 0 Å². The Balaban J connectivity index is 1.34. The molecule has 0 saturated heterocycles. The highest BCUT2D eigenvalue weighted by Gasteiger charge is 2.23. The third-order valence-corrected chi connectivity index (χ3v) is 5.35. The van der Waals surface area contributed by atoms with Crippen LogP contribution >= 0.6 is 0 Å². The molecule has 0 radical (unpaired) electrons. The fraction of sp³-hybridized carbons (Fsp3) is 0.292. The maximum absolute atomic E-state index is 11.1. The number of methoxy groups -OCH3 is 1. The van der Waals surface area contributed by atoms with Gasteiger partial charge < -0.3 is 19.5 Å². The van der Waals surface area contributed by atoms with E-state index < -0.39 is 12.1 Å². The number of ether oxygens (including phenoxy) is 2. The second-order valence-electron chi connectivity index (χ2n) is 7.38. The molecule has 7 heteroatoms. The number of rotatable bonds is 9. The van der Waals surface area contributed by atoms with Gasteiger partial charge >= 0.3 is 5.97 Å². The minimum Gasteiger partial charge on any atom is -0.494 e. The molecule has 1 N–H and O–H groups in total. The SMILES string of the molecule is COC(Cc1ccc(OCCCN2c3cccnc3Cc3ncccc32)cc1)C(=O)O. The van der Waals surface area contributed by atoms with Crippen LogP contribution in [0.2, 0.25) is 0 Å². The molecule has 2 aromatic heterocycles. The second kappa shape index (κ2) is 9.57. The highest BCUT2D eigenvalue weighted by molar-refractivity contribution is 5.73. The molecule has 1 atom stereocenters. The molecule has 160 valence electrons. The Hall–Kier alpha value is -3.45. The average Bonchev–Trinajstić information content (AvgIpc) is 2.80. The molecule has 0 saturated carbocycles. The lowest BCUT2D eigenvalue weighted by atomic mass is 10.0. The normalized spacial score (nSPS) is 13.3. The minimum atomic E-state index is -0.964. The summed E-state index contributed by atoms with van der Waals surface area (Å²) in [6, 6.07) is 15.6. The zero-order valence-corrected chi connectivity index (χ0v) is 17.4. The first kappa shape index (κ1) is 20.8. The molecule has 0 bridgehead atoms. The summed E-state index contributed by atoms with van der Waals surface area (Å²) in [7, 11) is 1.40. The van der Waals surface area contributed by atoms with Crippen LogP contribution in [-0.4, -0.2) is 47.4 Å². The molecule has 1 aliphatic rings. The third-order valence-electron chi connectivity index (χ3n) is 5.35. The van der Waals surface area contributed by atoms with Crippen molar-refractivity contribution in [3.05, 3.63) is 77.9 Å². The Morgan fingerprint density at radius 2 is 1.71 bits per heavy atom.